The molecule has 1 aliphatic heterocycles. The molecule has 2 aromatic rings. The lowest BCUT2D eigenvalue weighted by atomic mass is 9.86. The third-order valence-corrected chi connectivity index (χ3v) is 4.93. The van der Waals surface area contributed by atoms with Crippen LogP contribution in [0.25, 0.3) is 0 Å². The van der Waals surface area contributed by atoms with Crippen molar-refractivity contribution in [2.75, 3.05) is 21.7 Å². The van der Waals surface area contributed by atoms with Crippen molar-refractivity contribution in [2.24, 2.45) is 0 Å². The number of carbonyl (C=O) groups excluding carboxylic acids is 2. The summed E-state index contributed by atoms with van der Waals surface area (Å²) in [5.74, 6) is -0.0513. The maximum absolute atomic E-state index is 13.2. The summed E-state index contributed by atoms with van der Waals surface area (Å²) in [6.45, 7) is 9.43. The molecule has 2 aromatic carbocycles. The fourth-order valence-electron chi connectivity index (χ4n) is 3.43. The standard InChI is InChI=1S/C22H28N4O3/c1-21(2,3)29-20(28)25-17-9-7-6-8-13(17)12-26-18-11-16(24)15(23)10-14(18)22(4,5)19(26)27/h6-11H,12,23-24H2,1-5H3,(H,25,28). The Morgan fingerprint density at radius 2 is 1.76 bits per heavy atom. The number of anilines is 4. The van der Waals surface area contributed by atoms with Crippen molar-refractivity contribution in [3.05, 3.63) is 47.5 Å². The van der Waals surface area contributed by atoms with E-state index in [0.29, 0.717) is 17.1 Å². The van der Waals surface area contributed by atoms with Gasteiger partial charge in [-0.15, -0.1) is 0 Å². The normalized spacial score (nSPS) is 15.2. The van der Waals surface area contributed by atoms with Gasteiger partial charge in [0, 0.05) is 5.69 Å². The summed E-state index contributed by atoms with van der Waals surface area (Å²) >= 11 is 0. The van der Waals surface area contributed by atoms with Crippen LogP contribution >= 0.6 is 0 Å². The topological polar surface area (TPSA) is 111 Å². The third kappa shape index (κ3) is 3.99. The van der Waals surface area contributed by atoms with Gasteiger partial charge in [-0.3, -0.25) is 10.1 Å². The smallest absolute Gasteiger partial charge is 0.412 e. The van der Waals surface area contributed by atoms with Crippen LogP contribution < -0.4 is 21.7 Å². The van der Waals surface area contributed by atoms with Crippen LogP contribution in [0.1, 0.15) is 45.7 Å². The number of nitrogen functional groups attached to an aromatic ring is 2. The number of hydrogen-bond donors (Lipinski definition) is 3. The minimum absolute atomic E-state index is 0.0513. The minimum atomic E-state index is -0.718. The number of para-hydroxylation sites is 1. The largest absolute Gasteiger partial charge is 0.444 e. The molecule has 3 rings (SSSR count). The summed E-state index contributed by atoms with van der Waals surface area (Å²) in [6.07, 6.45) is -0.546. The number of amides is 2. The average molecular weight is 396 g/mol. The van der Waals surface area contributed by atoms with Crippen LogP contribution in [-0.4, -0.2) is 17.6 Å². The molecule has 0 aromatic heterocycles. The number of ether oxygens (including phenoxy) is 1. The monoisotopic (exact) mass is 396 g/mol. The van der Waals surface area contributed by atoms with Gasteiger partial charge in [-0.25, -0.2) is 4.79 Å². The molecular formula is C22H28N4O3. The molecule has 7 heteroatoms. The molecule has 2 amide bonds. The number of nitrogens with zero attached hydrogens (tertiary/aromatic N) is 1. The summed E-state index contributed by atoms with van der Waals surface area (Å²) in [4.78, 5) is 27.1. The predicted molar refractivity (Wildman–Crippen MR) is 116 cm³/mol. The molecule has 7 nitrogen and oxygen atoms in total. The van der Waals surface area contributed by atoms with E-state index in [9.17, 15) is 9.59 Å². The van der Waals surface area contributed by atoms with Crippen molar-refractivity contribution in [1.29, 1.82) is 0 Å². The van der Waals surface area contributed by atoms with Crippen LogP contribution in [0.2, 0.25) is 0 Å². The molecular weight excluding hydrogens is 368 g/mol. The van der Waals surface area contributed by atoms with Crippen molar-refractivity contribution in [3.8, 4) is 0 Å². The number of rotatable bonds is 3. The Kier molecular flexibility index (Phi) is 4.94. The van der Waals surface area contributed by atoms with E-state index < -0.39 is 17.1 Å². The molecule has 0 fully saturated rings. The van der Waals surface area contributed by atoms with Gasteiger partial charge in [0.05, 0.1) is 29.0 Å². The maximum Gasteiger partial charge on any atom is 0.412 e. The Balaban J connectivity index is 1.93. The molecule has 1 heterocycles. The molecule has 0 radical (unpaired) electrons. The van der Waals surface area contributed by atoms with Crippen LogP contribution in [-0.2, 0) is 21.5 Å². The number of nitrogens with two attached hydrogens (primary N) is 2. The van der Waals surface area contributed by atoms with E-state index >= 15 is 0 Å². The molecule has 0 saturated heterocycles. The zero-order chi connectivity index (χ0) is 21.6. The summed E-state index contributed by atoms with van der Waals surface area (Å²) in [7, 11) is 0. The molecule has 29 heavy (non-hydrogen) atoms. The van der Waals surface area contributed by atoms with E-state index in [1.54, 1.807) is 43.9 Å². The van der Waals surface area contributed by atoms with Gasteiger partial charge in [0.1, 0.15) is 5.60 Å². The lowest BCUT2D eigenvalue weighted by Crippen LogP contribution is -2.36. The van der Waals surface area contributed by atoms with Crippen molar-refractivity contribution in [1.82, 2.24) is 0 Å². The molecule has 0 spiro atoms. The van der Waals surface area contributed by atoms with Crippen LogP contribution in [0.3, 0.4) is 0 Å². The van der Waals surface area contributed by atoms with Crippen LogP contribution in [0.4, 0.5) is 27.5 Å². The van der Waals surface area contributed by atoms with Gasteiger partial charge >= 0.3 is 6.09 Å². The molecule has 0 saturated carbocycles. The Labute approximate surface area is 171 Å². The number of hydrogen-bond acceptors (Lipinski definition) is 5. The number of carbonyl (C=O) groups is 2. The molecule has 5 N–H and O–H groups in total. The van der Waals surface area contributed by atoms with E-state index in [0.717, 1.165) is 16.8 Å². The molecule has 1 aliphatic rings. The Bertz CT molecular complexity index is 977. The molecule has 0 unspecified atom stereocenters. The third-order valence-electron chi connectivity index (χ3n) is 4.93. The van der Waals surface area contributed by atoms with Crippen molar-refractivity contribution >= 4 is 34.7 Å². The predicted octanol–water partition coefficient (Wildman–Crippen LogP) is 4.02. The van der Waals surface area contributed by atoms with Crippen molar-refractivity contribution in [3.63, 3.8) is 0 Å². The van der Waals surface area contributed by atoms with E-state index in [1.807, 2.05) is 32.0 Å². The highest BCUT2D eigenvalue weighted by molar-refractivity contribution is 6.08. The summed E-state index contributed by atoms with van der Waals surface area (Å²) in [5.41, 5.74) is 14.5. The van der Waals surface area contributed by atoms with E-state index in [1.165, 1.54) is 0 Å². The Hall–Kier alpha value is -3.22. The van der Waals surface area contributed by atoms with Gasteiger partial charge in [-0.2, -0.15) is 0 Å². The van der Waals surface area contributed by atoms with E-state index in [4.69, 9.17) is 16.2 Å². The van der Waals surface area contributed by atoms with Gasteiger partial charge in [-0.05, 0) is 63.9 Å². The first-order chi connectivity index (χ1) is 13.4. The number of benzene rings is 2. The number of fused-ring (bicyclic) bond motifs is 1. The fraction of sp³-hybridized carbons (Fsp3) is 0.364. The van der Waals surface area contributed by atoms with Gasteiger partial charge in [0.15, 0.2) is 0 Å². The van der Waals surface area contributed by atoms with E-state index in [2.05, 4.69) is 5.32 Å². The van der Waals surface area contributed by atoms with Gasteiger partial charge in [-0.1, -0.05) is 18.2 Å². The fourth-order valence-corrected chi connectivity index (χ4v) is 3.43. The van der Waals surface area contributed by atoms with Gasteiger partial charge in [0.2, 0.25) is 5.91 Å². The van der Waals surface area contributed by atoms with Crippen molar-refractivity contribution in [2.45, 2.75) is 52.2 Å². The Morgan fingerprint density at radius 1 is 1.14 bits per heavy atom. The lowest BCUT2D eigenvalue weighted by Gasteiger charge is -2.23. The van der Waals surface area contributed by atoms with Gasteiger partial charge in [0.25, 0.3) is 0 Å². The first-order valence-corrected chi connectivity index (χ1v) is 9.49. The second kappa shape index (κ2) is 6.99. The highest BCUT2D eigenvalue weighted by atomic mass is 16.6. The zero-order valence-electron chi connectivity index (χ0n) is 17.5. The van der Waals surface area contributed by atoms with Crippen molar-refractivity contribution < 1.29 is 14.3 Å². The van der Waals surface area contributed by atoms with E-state index in [-0.39, 0.29) is 12.5 Å². The average Bonchev–Trinajstić information content (AvgIpc) is 2.76. The number of nitrogens with one attached hydrogen (secondary N) is 1. The summed E-state index contributed by atoms with van der Waals surface area (Å²) < 4.78 is 5.34. The summed E-state index contributed by atoms with van der Waals surface area (Å²) in [6, 6.07) is 10.8. The second-order valence-corrected chi connectivity index (χ2v) is 8.80. The summed E-state index contributed by atoms with van der Waals surface area (Å²) in [5, 5.41) is 2.78. The van der Waals surface area contributed by atoms with Gasteiger partial charge < -0.3 is 21.1 Å². The van der Waals surface area contributed by atoms with Crippen LogP contribution in [0, 0.1) is 0 Å². The molecule has 0 atom stereocenters. The first kappa shape index (κ1) is 20.5. The highest BCUT2D eigenvalue weighted by Crippen LogP contribution is 2.45. The molecule has 0 aliphatic carbocycles. The Morgan fingerprint density at radius 3 is 2.41 bits per heavy atom. The zero-order valence-corrected chi connectivity index (χ0v) is 17.5. The minimum Gasteiger partial charge on any atom is -0.444 e. The van der Waals surface area contributed by atoms with Crippen LogP contribution in [0.5, 0.6) is 0 Å². The SMILES string of the molecule is CC(C)(C)OC(=O)Nc1ccccc1CN1C(=O)C(C)(C)c2cc(N)c(N)cc21. The van der Waals surface area contributed by atoms with Crippen LogP contribution in [0.15, 0.2) is 36.4 Å². The molecule has 0 bridgehead atoms. The highest BCUT2D eigenvalue weighted by Gasteiger charge is 2.44. The second-order valence-electron chi connectivity index (χ2n) is 8.80. The quantitative estimate of drug-likeness (QED) is 0.679. The molecule has 154 valence electrons. The first-order valence-electron chi connectivity index (χ1n) is 9.49. The maximum atomic E-state index is 13.2. The lowest BCUT2D eigenvalue weighted by molar-refractivity contribution is -0.122.